The topological polar surface area (TPSA) is 38.9 Å². The highest BCUT2D eigenvalue weighted by atomic mass is 79.9. The van der Waals surface area contributed by atoms with E-state index in [2.05, 4.69) is 20.9 Å². The fraction of sp³-hybridized carbons (Fsp3) is 0.500. The van der Waals surface area contributed by atoms with Crippen LogP contribution in [0.15, 0.2) is 22.8 Å². The molecule has 1 aliphatic rings. The van der Waals surface area contributed by atoms with Gasteiger partial charge in [-0.05, 0) is 40.4 Å². The van der Waals surface area contributed by atoms with E-state index in [1.807, 2.05) is 12.1 Å². The second-order valence-electron chi connectivity index (χ2n) is 3.66. The van der Waals surface area contributed by atoms with Gasteiger partial charge in [-0.3, -0.25) is 4.98 Å². The summed E-state index contributed by atoms with van der Waals surface area (Å²) in [5.41, 5.74) is 7.04. The highest BCUT2D eigenvalue weighted by molar-refractivity contribution is 9.10. The minimum Gasteiger partial charge on any atom is -0.323 e. The van der Waals surface area contributed by atoms with Gasteiger partial charge in [0, 0.05) is 16.7 Å². The summed E-state index contributed by atoms with van der Waals surface area (Å²) in [5, 5.41) is 0. The summed E-state index contributed by atoms with van der Waals surface area (Å²) in [7, 11) is 0. The summed E-state index contributed by atoms with van der Waals surface area (Å²) in [6.45, 7) is 0. The zero-order valence-corrected chi connectivity index (χ0v) is 9.00. The molecule has 0 bridgehead atoms. The van der Waals surface area contributed by atoms with Gasteiger partial charge in [0.1, 0.15) is 0 Å². The molecule has 1 fully saturated rings. The van der Waals surface area contributed by atoms with Crippen molar-refractivity contribution in [2.24, 2.45) is 11.7 Å². The van der Waals surface area contributed by atoms with Crippen LogP contribution in [-0.4, -0.2) is 4.98 Å². The average molecular weight is 241 g/mol. The summed E-state index contributed by atoms with van der Waals surface area (Å²) in [6.07, 6.45) is 5.57. The number of hydrogen-bond donors (Lipinski definition) is 1. The Labute approximate surface area is 86.7 Å². The fourth-order valence-corrected chi connectivity index (χ4v) is 2.04. The molecule has 0 amide bonds. The molecule has 0 saturated heterocycles. The Balaban J connectivity index is 2.09. The van der Waals surface area contributed by atoms with Crippen molar-refractivity contribution < 1.29 is 0 Å². The summed E-state index contributed by atoms with van der Waals surface area (Å²) in [6, 6.07) is 4.01. The van der Waals surface area contributed by atoms with Crippen LogP contribution >= 0.6 is 15.9 Å². The van der Waals surface area contributed by atoms with Crippen molar-refractivity contribution in [3.8, 4) is 0 Å². The van der Waals surface area contributed by atoms with Crippen molar-refractivity contribution in [2.75, 3.05) is 0 Å². The maximum Gasteiger partial charge on any atom is 0.0712 e. The Bertz CT molecular complexity index is 297. The van der Waals surface area contributed by atoms with Crippen LogP contribution < -0.4 is 5.73 Å². The molecule has 1 heterocycles. The first-order valence-electron chi connectivity index (χ1n) is 4.63. The number of hydrogen-bond acceptors (Lipinski definition) is 2. The molecule has 0 radical (unpaired) electrons. The maximum atomic E-state index is 6.04. The van der Waals surface area contributed by atoms with Crippen LogP contribution in [0.1, 0.15) is 31.0 Å². The predicted octanol–water partition coefficient (Wildman–Crippen LogP) is 2.64. The molecule has 3 heteroatoms. The van der Waals surface area contributed by atoms with Crippen LogP contribution in [0.4, 0.5) is 0 Å². The molecule has 1 atom stereocenters. The molecule has 1 aliphatic carbocycles. The lowest BCUT2D eigenvalue weighted by Crippen LogP contribution is -2.13. The van der Waals surface area contributed by atoms with Crippen LogP contribution in [0.3, 0.4) is 0 Å². The predicted molar refractivity (Wildman–Crippen MR) is 56.2 cm³/mol. The molecule has 1 saturated carbocycles. The number of halogens is 1. The normalized spacial score (nSPS) is 18.6. The van der Waals surface area contributed by atoms with Gasteiger partial charge in [-0.15, -0.1) is 0 Å². The van der Waals surface area contributed by atoms with Crippen LogP contribution in [-0.2, 0) is 0 Å². The number of nitrogens with two attached hydrogens (primary N) is 1. The van der Waals surface area contributed by atoms with E-state index in [-0.39, 0.29) is 6.04 Å². The van der Waals surface area contributed by atoms with Gasteiger partial charge >= 0.3 is 0 Å². The smallest absolute Gasteiger partial charge is 0.0712 e. The van der Waals surface area contributed by atoms with E-state index in [0.717, 1.165) is 22.5 Å². The molecule has 0 unspecified atom stereocenters. The average Bonchev–Trinajstić information content (AvgIpc) is 2.89. The molecule has 2 rings (SSSR count). The number of nitrogens with zero attached hydrogens (tertiary/aromatic N) is 1. The molecule has 0 aromatic carbocycles. The van der Waals surface area contributed by atoms with Crippen molar-refractivity contribution in [1.82, 2.24) is 4.98 Å². The first kappa shape index (κ1) is 9.16. The van der Waals surface area contributed by atoms with Gasteiger partial charge in [0.2, 0.25) is 0 Å². The van der Waals surface area contributed by atoms with E-state index in [9.17, 15) is 0 Å². The highest BCUT2D eigenvalue weighted by Crippen LogP contribution is 2.37. The zero-order chi connectivity index (χ0) is 9.26. The van der Waals surface area contributed by atoms with Gasteiger partial charge in [0.15, 0.2) is 0 Å². The number of rotatable bonds is 3. The SMILES string of the molecule is N[C@H](CC1CC1)c1ncccc1Br. The Hall–Kier alpha value is -0.410. The summed E-state index contributed by atoms with van der Waals surface area (Å²) >= 11 is 3.46. The number of pyridine rings is 1. The minimum atomic E-state index is 0.100. The Morgan fingerprint density at radius 1 is 1.62 bits per heavy atom. The molecule has 0 aliphatic heterocycles. The van der Waals surface area contributed by atoms with Crippen molar-refractivity contribution in [2.45, 2.75) is 25.3 Å². The van der Waals surface area contributed by atoms with Gasteiger partial charge in [0.05, 0.1) is 5.69 Å². The summed E-state index contributed by atoms with van der Waals surface area (Å²) in [5.74, 6) is 0.851. The van der Waals surface area contributed by atoms with E-state index in [0.29, 0.717) is 0 Å². The molecule has 2 nitrogen and oxygen atoms in total. The van der Waals surface area contributed by atoms with Crippen molar-refractivity contribution in [3.05, 3.63) is 28.5 Å². The first-order chi connectivity index (χ1) is 6.27. The second kappa shape index (κ2) is 3.76. The van der Waals surface area contributed by atoms with E-state index in [1.165, 1.54) is 12.8 Å². The van der Waals surface area contributed by atoms with Crippen LogP contribution in [0.5, 0.6) is 0 Å². The molecule has 0 spiro atoms. The molecular formula is C10H13BrN2. The van der Waals surface area contributed by atoms with Crippen LogP contribution in [0, 0.1) is 5.92 Å². The van der Waals surface area contributed by atoms with Crippen molar-refractivity contribution in [3.63, 3.8) is 0 Å². The molecule has 70 valence electrons. The van der Waals surface area contributed by atoms with Gasteiger partial charge < -0.3 is 5.73 Å². The van der Waals surface area contributed by atoms with E-state index in [4.69, 9.17) is 5.73 Å². The molecule has 1 aromatic rings. The Kier molecular flexibility index (Phi) is 2.65. The molecule has 13 heavy (non-hydrogen) atoms. The lowest BCUT2D eigenvalue weighted by molar-refractivity contribution is 0.581. The minimum absolute atomic E-state index is 0.100. The van der Waals surface area contributed by atoms with E-state index in [1.54, 1.807) is 6.20 Å². The van der Waals surface area contributed by atoms with Crippen molar-refractivity contribution in [1.29, 1.82) is 0 Å². The van der Waals surface area contributed by atoms with Crippen LogP contribution in [0.2, 0.25) is 0 Å². The first-order valence-corrected chi connectivity index (χ1v) is 5.42. The van der Waals surface area contributed by atoms with Gasteiger partial charge in [-0.25, -0.2) is 0 Å². The Morgan fingerprint density at radius 2 is 2.38 bits per heavy atom. The third-order valence-corrected chi connectivity index (χ3v) is 3.09. The summed E-state index contributed by atoms with van der Waals surface area (Å²) < 4.78 is 1.03. The molecular weight excluding hydrogens is 228 g/mol. The fourth-order valence-electron chi connectivity index (χ4n) is 1.50. The van der Waals surface area contributed by atoms with Gasteiger partial charge in [-0.2, -0.15) is 0 Å². The third-order valence-electron chi connectivity index (χ3n) is 2.42. The second-order valence-corrected chi connectivity index (χ2v) is 4.51. The third kappa shape index (κ3) is 2.29. The van der Waals surface area contributed by atoms with Gasteiger partial charge in [-0.1, -0.05) is 12.8 Å². The van der Waals surface area contributed by atoms with Crippen LogP contribution in [0.25, 0.3) is 0 Å². The lowest BCUT2D eigenvalue weighted by atomic mass is 10.1. The van der Waals surface area contributed by atoms with Crippen molar-refractivity contribution >= 4 is 15.9 Å². The highest BCUT2D eigenvalue weighted by Gasteiger charge is 2.25. The van der Waals surface area contributed by atoms with E-state index >= 15 is 0 Å². The molecule has 1 aromatic heterocycles. The van der Waals surface area contributed by atoms with E-state index < -0.39 is 0 Å². The Morgan fingerprint density at radius 3 is 3.00 bits per heavy atom. The van der Waals surface area contributed by atoms with Gasteiger partial charge in [0.25, 0.3) is 0 Å². The maximum absolute atomic E-state index is 6.04. The monoisotopic (exact) mass is 240 g/mol. The largest absolute Gasteiger partial charge is 0.323 e. The standard InChI is InChI=1S/C10H13BrN2/c11-8-2-1-5-13-10(8)9(12)6-7-3-4-7/h1-2,5,7,9H,3-4,6,12H2/t9-/m1/s1. The molecule has 2 N–H and O–H groups in total. The zero-order valence-electron chi connectivity index (χ0n) is 7.41. The lowest BCUT2D eigenvalue weighted by Gasteiger charge is -2.11. The summed E-state index contributed by atoms with van der Waals surface area (Å²) in [4.78, 5) is 4.29. The number of aromatic nitrogens is 1. The quantitative estimate of drug-likeness (QED) is 0.883.